The molecule has 0 radical (unpaired) electrons. The Balaban J connectivity index is 1.50. The van der Waals surface area contributed by atoms with Crippen LogP contribution in [-0.2, 0) is 14.8 Å². The average Bonchev–Trinajstić information content (AvgIpc) is 3.42. The van der Waals surface area contributed by atoms with Crippen LogP contribution in [0.4, 0.5) is 10.1 Å². The lowest BCUT2D eigenvalue weighted by molar-refractivity contribution is 0.122. The van der Waals surface area contributed by atoms with Crippen LogP contribution >= 0.6 is 22.6 Å². The van der Waals surface area contributed by atoms with E-state index in [-0.39, 0.29) is 28.0 Å². The van der Waals surface area contributed by atoms with E-state index in [0.717, 1.165) is 16.8 Å². The molecule has 0 bridgehead atoms. The Kier molecular flexibility index (Phi) is 8.83. The van der Waals surface area contributed by atoms with Gasteiger partial charge in [0.1, 0.15) is 5.82 Å². The van der Waals surface area contributed by atoms with Crippen LogP contribution < -0.4 is 10.5 Å². The standard InChI is InChI=1S/C33H33FIN5O4S/c1-22-4-7-26(8-5-22)45(42,43)40-20-28(27-18-25(19-36-33(27)40)38-12-14-44-15-13-38)23-10-11-39(32(41)17-23)31(21-37(2)3)24-6-9-29(34)30(35)16-24/h4-11,16-20,31H,12-15,21H2,1-3H3. The fraction of sp³-hybridized carbons (Fsp3) is 0.273. The molecular weight excluding hydrogens is 708 g/mol. The van der Waals surface area contributed by atoms with Gasteiger partial charge in [-0.2, -0.15) is 0 Å². The van der Waals surface area contributed by atoms with Gasteiger partial charge >= 0.3 is 0 Å². The zero-order valence-corrected chi connectivity index (χ0v) is 28.1. The van der Waals surface area contributed by atoms with Gasteiger partial charge in [-0.05, 0) is 91.1 Å². The van der Waals surface area contributed by atoms with Gasteiger partial charge in [0.15, 0.2) is 5.65 Å². The second-order valence-electron chi connectivity index (χ2n) is 11.4. The number of aromatic nitrogens is 3. The van der Waals surface area contributed by atoms with Crippen molar-refractivity contribution in [3.05, 3.63) is 110 Å². The van der Waals surface area contributed by atoms with E-state index in [4.69, 9.17) is 4.74 Å². The first-order valence-electron chi connectivity index (χ1n) is 14.5. The largest absolute Gasteiger partial charge is 0.378 e. The molecule has 0 aliphatic carbocycles. The van der Waals surface area contributed by atoms with E-state index in [2.05, 4.69) is 9.88 Å². The third-order valence-electron chi connectivity index (χ3n) is 8.01. The first kappa shape index (κ1) is 31.4. The highest BCUT2D eigenvalue weighted by Gasteiger charge is 2.25. The molecule has 0 amide bonds. The van der Waals surface area contributed by atoms with Gasteiger partial charge in [0.25, 0.3) is 15.6 Å². The lowest BCUT2D eigenvalue weighted by Crippen LogP contribution is -2.36. The molecule has 2 aromatic carbocycles. The predicted octanol–water partition coefficient (Wildman–Crippen LogP) is 5.14. The lowest BCUT2D eigenvalue weighted by atomic mass is 10.0. The molecule has 1 saturated heterocycles. The molecule has 45 heavy (non-hydrogen) atoms. The number of fused-ring (bicyclic) bond motifs is 1. The molecule has 9 nitrogen and oxygen atoms in total. The zero-order chi connectivity index (χ0) is 31.9. The van der Waals surface area contributed by atoms with E-state index < -0.39 is 10.0 Å². The maximum Gasteiger partial charge on any atom is 0.269 e. The molecule has 12 heteroatoms. The molecule has 5 aromatic rings. The van der Waals surface area contributed by atoms with Gasteiger partial charge in [0.05, 0.1) is 36.0 Å². The Labute approximate surface area is 275 Å². The van der Waals surface area contributed by atoms with E-state index >= 15 is 0 Å². The number of nitrogens with zero attached hydrogens (tertiary/aromatic N) is 5. The number of morpholine rings is 1. The number of ether oxygens (including phenoxy) is 1. The fourth-order valence-electron chi connectivity index (χ4n) is 5.63. The highest BCUT2D eigenvalue weighted by molar-refractivity contribution is 14.1. The molecule has 3 aromatic heterocycles. The molecule has 1 aliphatic heterocycles. The monoisotopic (exact) mass is 741 g/mol. The molecule has 1 unspecified atom stereocenters. The van der Waals surface area contributed by atoms with Crippen LogP contribution in [0.2, 0.25) is 0 Å². The van der Waals surface area contributed by atoms with Crippen LogP contribution in [0.15, 0.2) is 88.9 Å². The smallest absolute Gasteiger partial charge is 0.269 e. The maximum atomic E-state index is 14.1. The average molecular weight is 742 g/mol. The van der Waals surface area contributed by atoms with Crippen LogP contribution in [0.5, 0.6) is 0 Å². The fourth-order valence-corrected chi connectivity index (χ4v) is 7.50. The summed E-state index contributed by atoms with van der Waals surface area (Å²) in [4.78, 5) is 22.7. The second kappa shape index (κ2) is 12.7. The van der Waals surface area contributed by atoms with Crippen molar-refractivity contribution in [2.75, 3.05) is 51.8 Å². The number of benzene rings is 2. The van der Waals surface area contributed by atoms with Gasteiger partial charge in [-0.3, -0.25) is 4.79 Å². The van der Waals surface area contributed by atoms with E-state index in [1.165, 1.54) is 16.1 Å². The minimum Gasteiger partial charge on any atom is -0.378 e. The first-order valence-corrected chi connectivity index (χ1v) is 17.0. The van der Waals surface area contributed by atoms with Crippen LogP contribution in [0, 0.1) is 16.3 Å². The van der Waals surface area contributed by atoms with Crippen molar-refractivity contribution >= 4 is 49.3 Å². The van der Waals surface area contributed by atoms with Gasteiger partial charge in [0, 0.05) is 52.6 Å². The summed E-state index contributed by atoms with van der Waals surface area (Å²) in [5.74, 6) is -0.312. The Morgan fingerprint density at radius 2 is 1.78 bits per heavy atom. The van der Waals surface area contributed by atoms with Crippen LogP contribution in [0.25, 0.3) is 22.2 Å². The van der Waals surface area contributed by atoms with Gasteiger partial charge in [0.2, 0.25) is 0 Å². The molecule has 0 spiro atoms. The van der Waals surface area contributed by atoms with Gasteiger partial charge in [-0.1, -0.05) is 23.8 Å². The van der Waals surface area contributed by atoms with Crippen molar-refractivity contribution in [3.63, 3.8) is 0 Å². The highest BCUT2D eigenvalue weighted by atomic mass is 127. The van der Waals surface area contributed by atoms with Crippen molar-refractivity contribution in [2.24, 2.45) is 0 Å². The number of pyridine rings is 2. The van der Waals surface area contributed by atoms with Gasteiger partial charge in [-0.25, -0.2) is 21.8 Å². The number of hydrogen-bond acceptors (Lipinski definition) is 7. The lowest BCUT2D eigenvalue weighted by Gasteiger charge is -2.28. The van der Waals surface area contributed by atoms with E-state index in [1.54, 1.807) is 59.6 Å². The van der Waals surface area contributed by atoms with E-state index in [0.29, 0.717) is 52.9 Å². The summed E-state index contributed by atoms with van der Waals surface area (Å²) in [6.07, 6.45) is 4.96. The van der Waals surface area contributed by atoms with Crippen molar-refractivity contribution in [1.29, 1.82) is 0 Å². The van der Waals surface area contributed by atoms with E-state index in [9.17, 15) is 17.6 Å². The van der Waals surface area contributed by atoms with Crippen molar-refractivity contribution in [2.45, 2.75) is 17.9 Å². The number of likely N-dealkylation sites (N-methyl/N-ethyl adjacent to an activating group) is 1. The third kappa shape index (κ3) is 6.28. The topological polar surface area (TPSA) is 89.7 Å². The number of anilines is 1. The van der Waals surface area contributed by atoms with E-state index in [1.807, 2.05) is 60.6 Å². The van der Waals surface area contributed by atoms with Gasteiger partial charge < -0.3 is 19.1 Å². The van der Waals surface area contributed by atoms with Crippen molar-refractivity contribution < 1.29 is 17.5 Å². The van der Waals surface area contributed by atoms with Crippen LogP contribution in [0.1, 0.15) is 17.2 Å². The molecule has 4 heterocycles. The first-order chi connectivity index (χ1) is 21.5. The summed E-state index contributed by atoms with van der Waals surface area (Å²) < 4.78 is 50.7. The molecule has 1 fully saturated rings. The summed E-state index contributed by atoms with van der Waals surface area (Å²) in [5.41, 5.74) is 3.76. The Morgan fingerprint density at radius 3 is 2.44 bits per heavy atom. The second-order valence-corrected chi connectivity index (χ2v) is 14.4. The summed E-state index contributed by atoms with van der Waals surface area (Å²) in [6.45, 7) is 4.98. The summed E-state index contributed by atoms with van der Waals surface area (Å²) in [5, 5.41) is 0.616. The summed E-state index contributed by atoms with van der Waals surface area (Å²) in [7, 11) is -0.156. The number of aryl methyl sites for hydroxylation is 1. The van der Waals surface area contributed by atoms with Crippen molar-refractivity contribution in [1.82, 2.24) is 18.4 Å². The molecule has 234 valence electrons. The third-order valence-corrected chi connectivity index (χ3v) is 10.5. The van der Waals surface area contributed by atoms with Gasteiger partial charge in [-0.15, -0.1) is 0 Å². The molecular formula is C33H33FIN5O4S. The molecule has 0 saturated carbocycles. The summed E-state index contributed by atoms with van der Waals surface area (Å²) >= 11 is 1.96. The summed E-state index contributed by atoms with van der Waals surface area (Å²) in [6, 6.07) is 16.5. The minimum atomic E-state index is -4.00. The minimum absolute atomic E-state index is 0.145. The number of rotatable bonds is 8. The molecule has 6 rings (SSSR count). The molecule has 1 atom stereocenters. The number of hydrogen-bond donors (Lipinski definition) is 0. The molecule has 1 aliphatic rings. The molecule has 0 N–H and O–H groups in total. The Morgan fingerprint density at radius 1 is 1.04 bits per heavy atom. The van der Waals surface area contributed by atoms with Crippen LogP contribution in [0.3, 0.4) is 0 Å². The highest BCUT2D eigenvalue weighted by Crippen LogP contribution is 2.34. The predicted molar refractivity (Wildman–Crippen MR) is 182 cm³/mol. The Bertz CT molecular complexity index is 2040. The normalized spacial score (nSPS) is 14.8. The van der Waals surface area contributed by atoms with Crippen LogP contribution in [-0.4, -0.2) is 73.8 Å². The Hall–Kier alpha value is -3.59. The zero-order valence-electron chi connectivity index (χ0n) is 25.2. The quantitative estimate of drug-likeness (QED) is 0.204. The van der Waals surface area contributed by atoms with Crippen molar-refractivity contribution in [3.8, 4) is 11.1 Å². The SMILES string of the molecule is Cc1ccc(S(=O)(=O)n2cc(-c3ccn(C(CN(C)C)c4ccc(F)c(I)c4)c(=O)c3)c3cc(N4CCOCC4)cnc32)cc1. The number of halogens is 2. The maximum absolute atomic E-state index is 14.1.